The molecule has 0 saturated heterocycles. The molecule has 1 N–H and O–H groups in total. The lowest BCUT2D eigenvalue weighted by atomic mass is 10.1. The Bertz CT molecular complexity index is 202. The molecule has 0 heterocycles. The van der Waals surface area contributed by atoms with Crippen molar-refractivity contribution < 1.29 is 9.84 Å². The summed E-state index contributed by atoms with van der Waals surface area (Å²) in [5.41, 5.74) is 0. The highest BCUT2D eigenvalue weighted by Gasteiger charge is 2.43. The van der Waals surface area contributed by atoms with Crippen LogP contribution in [-0.2, 0) is 4.74 Å². The van der Waals surface area contributed by atoms with Crippen molar-refractivity contribution in [2.75, 3.05) is 26.8 Å². The first kappa shape index (κ1) is 12.3. The third-order valence-electron chi connectivity index (χ3n) is 3.73. The molecule has 0 amide bonds. The van der Waals surface area contributed by atoms with E-state index in [1.165, 1.54) is 25.7 Å². The maximum absolute atomic E-state index is 9.84. The molecule has 2 aliphatic rings. The van der Waals surface area contributed by atoms with Gasteiger partial charge >= 0.3 is 0 Å². The quantitative estimate of drug-likeness (QED) is 0.682. The molecule has 2 saturated carbocycles. The van der Waals surface area contributed by atoms with E-state index in [4.69, 9.17) is 4.74 Å². The Labute approximate surface area is 98.8 Å². The van der Waals surface area contributed by atoms with Gasteiger partial charge in [0.1, 0.15) is 0 Å². The molecular formula is C13H25NO2. The van der Waals surface area contributed by atoms with Crippen LogP contribution in [0.1, 0.15) is 32.6 Å². The zero-order valence-corrected chi connectivity index (χ0v) is 10.6. The van der Waals surface area contributed by atoms with Crippen molar-refractivity contribution in [2.24, 2.45) is 11.8 Å². The first-order valence-electron chi connectivity index (χ1n) is 6.68. The second kappa shape index (κ2) is 5.48. The van der Waals surface area contributed by atoms with Gasteiger partial charge in [0.05, 0.1) is 12.7 Å². The Morgan fingerprint density at radius 3 is 2.25 bits per heavy atom. The molecule has 2 aliphatic carbocycles. The SMILES string of the molecule is CCOC[C@H](O)CN(C)C(C1CC1)C1CC1. The first-order chi connectivity index (χ1) is 7.72. The maximum Gasteiger partial charge on any atom is 0.0900 e. The van der Waals surface area contributed by atoms with Crippen LogP contribution in [0.5, 0.6) is 0 Å². The molecule has 0 aromatic carbocycles. The van der Waals surface area contributed by atoms with Crippen molar-refractivity contribution >= 4 is 0 Å². The fraction of sp³-hybridized carbons (Fsp3) is 1.00. The number of aliphatic hydroxyl groups excluding tert-OH is 1. The zero-order valence-electron chi connectivity index (χ0n) is 10.6. The summed E-state index contributed by atoms with van der Waals surface area (Å²) in [4.78, 5) is 2.37. The van der Waals surface area contributed by atoms with Gasteiger partial charge in [-0.1, -0.05) is 0 Å². The minimum atomic E-state index is -0.329. The van der Waals surface area contributed by atoms with Gasteiger partial charge in [-0.15, -0.1) is 0 Å². The minimum absolute atomic E-state index is 0.329. The van der Waals surface area contributed by atoms with Crippen LogP contribution in [0.25, 0.3) is 0 Å². The van der Waals surface area contributed by atoms with Crippen LogP contribution in [0.2, 0.25) is 0 Å². The summed E-state index contributed by atoms with van der Waals surface area (Å²) in [7, 11) is 2.16. The molecule has 0 aromatic heterocycles. The van der Waals surface area contributed by atoms with Crippen molar-refractivity contribution in [2.45, 2.75) is 44.8 Å². The summed E-state index contributed by atoms with van der Waals surface area (Å²) >= 11 is 0. The van der Waals surface area contributed by atoms with Crippen molar-refractivity contribution in [3.63, 3.8) is 0 Å². The average Bonchev–Trinajstić information content (AvgIpc) is 3.07. The molecule has 3 nitrogen and oxygen atoms in total. The van der Waals surface area contributed by atoms with Crippen LogP contribution in [-0.4, -0.2) is 49.0 Å². The molecule has 0 aromatic rings. The highest BCUT2D eigenvalue weighted by molar-refractivity contribution is 4.97. The lowest BCUT2D eigenvalue weighted by molar-refractivity contribution is 0.0143. The van der Waals surface area contributed by atoms with E-state index in [2.05, 4.69) is 11.9 Å². The highest BCUT2D eigenvalue weighted by atomic mass is 16.5. The van der Waals surface area contributed by atoms with E-state index in [9.17, 15) is 5.11 Å². The Hall–Kier alpha value is -0.120. The van der Waals surface area contributed by atoms with E-state index in [0.29, 0.717) is 13.2 Å². The number of likely N-dealkylation sites (N-methyl/N-ethyl adjacent to an activating group) is 1. The van der Waals surface area contributed by atoms with Crippen molar-refractivity contribution in [3.8, 4) is 0 Å². The molecule has 94 valence electrons. The Morgan fingerprint density at radius 2 is 1.81 bits per heavy atom. The van der Waals surface area contributed by atoms with Gasteiger partial charge in [-0.2, -0.15) is 0 Å². The summed E-state index contributed by atoms with van der Waals surface area (Å²) < 4.78 is 5.25. The van der Waals surface area contributed by atoms with Crippen LogP contribution in [0.4, 0.5) is 0 Å². The second-order valence-corrected chi connectivity index (χ2v) is 5.42. The smallest absolute Gasteiger partial charge is 0.0900 e. The van der Waals surface area contributed by atoms with Crippen LogP contribution >= 0.6 is 0 Å². The molecule has 0 aliphatic heterocycles. The predicted molar refractivity (Wildman–Crippen MR) is 64.4 cm³/mol. The molecule has 16 heavy (non-hydrogen) atoms. The van der Waals surface area contributed by atoms with Crippen LogP contribution < -0.4 is 0 Å². The number of ether oxygens (including phenoxy) is 1. The van der Waals surface area contributed by atoms with E-state index in [1.807, 2.05) is 6.92 Å². The molecular weight excluding hydrogens is 202 g/mol. The summed E-state index contributed by atoms with van der Waals surface area (Å²) in [5, 5.41) is 9.84. The molecule has 3 heteroatoms. The third kappa shape index (κ3) is 3.44. The fourth-order valence-corrected chi connectivity index (χ4v) is 2.74. The van der Waals surface area contributed by atoms with Crippen molar-refractivity contribution in [3.05, 3.63) is 0 Å². The molecule has 2 rings (SSSR count). The van der Waals surface area contributed by atoms with Gasteiger partial charge in [-0.05, 0) is 51.5 Å². The van der Waals surface area contributed by atoms with E-state index in [-0.39, 0.29) is 6.10 Å². The number of nitrogens with zero attached hydrogens (tertiary/aromatic N) is 1. The van der Waals surface area contributed by atoms with E-state index >= 15 is 0 Å². The standard InChI is InChI=1S/C13H25NO2/c1-3-16-9-12(15)8-14(2)13(10-4-5-10)11-6-7-11/h10-13,15H,3-9H2,1-2H3/t12-/m1/s1. The summed E-state index contributed by atoms with van der Waals surface area (Å²) in [6.07, 6.45) is 5.25. The fourth-order valence-electron chi connectivity index (χ4n) is 2.74. The summed E-state index contributed by atoms with van der Waals surface area (Å²) in [5.74, 6) is 1.83. The Morgan fingerprint density at radius 1 is 1.25 bits per heavy atom. The van der Waals surface area contributed by atoms with Gasteiger partial charge < -0.3 is 14.7 Å². The first-order valence-corrected chi connectivity index (χ1v) is 6.68. The molecule has 0 radical (unpaired) electrons. The van der Waals surface area contributed by atoms with Gasteiger partial charge in [0, 0.05) is 19.2 Å². The summed E-state index contributed by atoms with van der Waals surface area (Å²) in [6, 6.07) is 0.733. The number of rotatable bonds is 8. The maximum atomic E-state index is 9.84. The van der Waals surface area contributed by atoms with E-state index in [0.717, 1.165) is 24.4 Å². The molecule has 1 atom stereocenters. The molecule has 2 fully saturated rings. The van der Waals surface area contributed by atoms with E-state index < -0.39 is 0 Å². The monoisotopic (exact) mass is 227 g/mol. The third-order valence-corrected chi connectivity index (χ3v) is 3.73. The van der Waals surface area contributed by atoms with Gasteiger partial charge in [0.15, 0.2) is 0 Å². The zero-order chi connectivity index (χ0) is 11.5. The van der Waals surface area contributed by atoms with Gasteiger partial charge in [0.25, 0.3) is 0 Å². The highest BCUT2D eigenvalue weighted by Crippen LogP contribution is 2.46. The lowest BCUT2D eigenvalue weighted by Gasteiger charge is -2.30. The minimum Gasteiger partial charge on any atom is -0.389 e. The van der Waals surface area contributed by atoms with E-state index in [1.54, 1.807) is 0 Å². The van der Waals surface area contributed by atoms with Crippen LogP contribution in [0.3, 0.4) is 0 Å². The lowest BCUT2D eigenvalue weighted by Crippen LogP contribution is -2.41. The average molecular weight is 227 g/mol. The molecule has 0 unspecified atom stereocenters. The van der Waals surface area contributed by atoms with Gasteiger partial charge in [-0.3, -0.25) is 0 Å². The number of aliphatic hydroxyl groups is 1. The van der Waals surface area contributed by atoms with Crippen LogP contribution in [0.15, 0.2) is 0 Å². The predicted octanol–water partition coefficient (Wildman–Crippen LogP) is 1.50. The largest absolute Gasteiger partial charge is 0.389 e. The molecule has 0 bridgehead atoms. The van der Waals surface area contributed by atoms with Crippen molar-refractivity contribution in [1.82, 2.24) is 4.90 Å². The Balaban J connectivity index is 1.73. The number of hydrogen-bond acceptors (Lipinski definition) is 3. The number of hydrogen-bond donors (Lipinski definition) is 1. The topological polar surface area (TPSA) is 32.7 Å². The molecule has 0 spiro atoms. The van der Waals surface area contributed by atoms with Crippen LogP contribution in [0, 0.1) is 11.8 Å². The summed E-state index contributed by atoms with van der Waals surface area (Å²) in [6.45, 7) is 3.89. The Kier molecular flexibility index (Phi) is 4.22. The van der Waals surface area contributed by atoms with Gasteiger partial charge in [0.2, 0.25) is 0 Å². The normalized spacial score (nSPS) is 23.1. The van der Waals surface area contributed by atoms with Crippen molar-refractivity contribution in [1.29, 1.82) is 0 Å². The second-order valence-electron chi connectivity index (χ2n) is 5.42. The van der Waals surface area contributed by atoms with Gasteiger partial charge in [-0.25, -0.2) is 0 Å².